The van der Waals surface area contributed by atoms with Crippen LogP contribution in [-0.2, 0) is 4.74 Å². The van der Waals surface area contributed by atoms with Crippen LogP contribution in [0.25, 0.3) is 21.8 Å². The third-order valence-corrected chi connectivity index (χ3v) is 2.69. The molecule has 0 saturated heterocycles. The predicted octanol–water partition coefficient (Wildman–Crippen LogP) is 2.22. The van der Waals surface area contributed by atoms with E-state index in [1.54, 1.807) is 13.0 Å². The summed E-state index contributed by atoms with van der Waals surface area (Å²) in [6.45, 7) is 2.13. The highest BCUT2D eigenvalue weighted by Crippen LogP contribution is 2.24. The predicted molar refractivity (Wildman–Crippen MR) is 63.9 cm³/mol. The molecule has 0 atom stereocenters. The third kappa shape index (κ3) is 1.47. The van der Waals surface area contributed by atoms with E-state index in [4.69, 9.17) is 4.74 Å². The van der Waals surface area contributed by atoms with Gasteiger partial charge in [-0.1, -0.05) is 0 Å². The Balaban J connectivity index is 2.20. The molecule has 0 amide bonds. The molecule has 0 aliphatic heterocycles. The number of benzene rings is 1. The van der Waals surface area contributed by atoms with E-state index < -0.39 is 0 Å². The number of carbonyl (C=O) groups is 1. The van der Waals surface area contributed by atoms with Crippen molar-refractivity contribution in [1.82, 2.24) is 15.2 Å². The second-order valence-electron chi connectivity index (χ2n) is 3.74. The van der Waals surface area contributed by atoms with Crippen LogP contribution in [0.15, 0.2) is 24.4 Å². The Morgan fingerprint density at radius 3 is 3.18 bits per heavy atom. The standard InChI is InChI=1S/C12H11N3O2/c1-2-17-12(16)10-5-8-9(14-10)4-3-7-6-13-15-11(7)8/h3-6,13,15H,2H2,1H3. The van der Waals surface area contributed by atoms with E-state index in [-0.39, 0.29) is 5.97 Å². The molecule has 3 rings (SSSR count). The van der Waals surface area contributed by atoms with Gasteiger partial charge in [0.05, 0.1) is 17.6 Å². The number of ether oxygens (including phenoxy) is 1. The average Bonchev–Trinajstić information content (AvgIpc) is 2.94. The van der Waals surface area contributed by atoms with Crippen molar-refractivity contribution in [2.24, 2.45) is 0 Å². The summed E-state index contributed by atoms with van der Waals surface area (Å²) in [5, 5.41) is 7.93. The van der Waals surface area contributed by atoms with Crippen molar-refractivity contribution >= 4 is 27.8 Å². The number of hydrogen-bond acceptors (Lipinski definition) is 3. The van der Waals surface area contributed by atoms with E-state index in [1.165, 1.54) is 0 Å². The van der Waals surface area contributed by atoms with Gasteiger partial charge in [0, 0.05) is 17.0 Å². The fourth-order valence-corrected chi connectivity index (χ4v) is 1.92. The van der Waals surface area contributed by atoms with Gasteiger partial charge in [0.15, 0.2) is 0 Å². The van der Waals surface area contributed by atoms with Gasteiger partial charge in [0.2, 0.25) is 0 Å². The Bertz CT molecular complexity index is 696. The van der Waals surface area contributed by atoms with Crippen molar-refractivity contribution in [3.05, 3.63) is 30.1 Å². The molecule has 5 nitrogen and oxygen atoms in total. The first-order chi connectivity index (χ1) is 8.29. The topological polar surface area (TPSA) is 70.8 Å². The summed E-state index contributed by atoms with van der Waals surface area (Å²) in [6.07, 6.45) is 1.87. The SMILES string of the molecule is CCOC(=O)c1cc2c(ccc3c[nH][nH]c32)n1. The minimum absolute atomic E-state index is 0.351. The van der Waals surface area contributed by atoms with E-state index in [9.17, 15) is 4.79 Å². The normalized spacial score (nSPS) is 11.1. The molecule has 86 valence electrons. The van der Waals surface area contributed by atoms with Gasteiger partial charge in [-0.15, -0.1) is 0 Å². The highest BCUT2D eigenvalue weighted by atomic mass is 16.5. The van der Waals surface area contributed by atoms with Crippen LogP contribution in [0.5, 0.6) is 0 Å². The Labute approximate surface area is 96.8 Å². The van der Waals surface area contributed by atoms with Crippen LogP contribution >= 0.6 is 0 Å². The number of hydrogen-bond donors (Lipinski definition) is 2. The number of rotatable bonds is 2. The van der Waals surface area contributed by atoms with Gasteiger partial charge in [-0.2, -0.15) is 0 Å². The Morgan fingerprint density at radius 1 is 1.47 bits per heavy atom. The zero-order chi connectivity index (χ0) is 11.8. The first-order valence-corrected chi connectivity index (χ1v) is 5.42. The maximum absolute atomic E-state index is 11.6. The molecule has 0 spiro atoms. The zero-order valence-electron chi connectivity index (χ0n) is 9.28. The molecule has 2 heterocycles. The molecule has 0 bridgehead atoms. The number of esters is 1. The van der Waals surface area contributed by atoms with E-state index in [1.807, 2.05) is 18.3 Å². The van der Waals surface area contributed by atoms with Crippen molar-refractivity contribution in [3.63, 3.8) is 0 Å². The Hall–Kier alpha value is -2.30. The largest absolute Gasteiger partial charge is 0.461 e. The van der Waals surface area contributed by atoms with Crippen molar-refractivity contribution in [2.45, 2.75) is 6.92 Å². The highest BCUT2D eigenvalue weighted by Gasteiger charge is 2.13. The van der Waals surface area contributed by atoms with Gasteiger partial charge < -0.3 is 14.9 Å². The number of nitrogens with zero attached hydrogens (tertiary/aromatic N) is 1. The quantitative estimate of drug-likeness (QED) is 0.662. The molecule has 0 fully saturated rings. The number of H-pyrrole nitrogens is 2. The van der Waals surface area contributed by atoms with Gasteiger partial charge in [0.25, 0.3) is 0 Å². The van der Waals surface area contributed by atoms with Crippen molar-refractivity contribution in [2.75, 3.05) is 6.61 Å². The molecule has 2 aromatic heterocycles. The number of aromatic amines is 2. The summed E-state index contributed by atoms with van der Waals surface area (Å²) < 4.78 is 4.93. The molecule has 0 saturated carbocycles. The summed E-state index contributed by atoms with van der Waals surface area (Å²) in [4.78, 5) is 15.8. The molecule has 2 N–H and O–H groups in total. The molecular formula is C12H11N3O2. The third-order valence-electron chi connectivity index (χ3n) is 2.69. The summed E-state index contributed by atoms with van der Waals surface area (Å²) >= 11 is 0. The van der Waals surface area contributed by atoms with Crippen LogP contribution in [0, 0.1) is 0 Å². The summed E-state index contributed by atoms with van der Waals surface area (Å²) in [5.74, 6) is -0.382. The number of fused-ring (bicyclic) bond motifs is 3. The van der Waals surface area contributed by atoms with Crippen LogP contribution in [-0.4, -0.2) is 27.8 Å². The van der Waals surface area contributed by atoms with Crippen LogP contribution < -0.4 is 0 Å². The van der Waals surface area contributed by atoms with Crippen LogP contribution in [0.1, 0.15) is 17.4 Å². The number of carbonyl (C=O) groups excluding carboxylic acids is 1. The summed E-state index contributed by atoms with van der Waals surface area (Å²) in [6, 6.07) is 5.59. The molecule has 17 heavy (non-hydrogen) atoms. The molecule has 0 aliphatic carbocycles. The lowest BCUT2D eigenvalue weighted by Crippen LogP contribution is -2.04. The van der Waals surface area contributed by atoms with Gasteiger partial charge in [-0.05, 0) is 25.1 Å². The monoisotopic (exact) mass is 229 g/mol. The summed E-state index contributed by atoms with van der Waals surface area (Å²) in [5.41, 5.74) is 2.09. The van der Waals surface area contributed by atoms with Gasteiger partial charge in [0.1, 0.15) is 5.69 Å². The van der Waals surface area contributed by atoms with E-state index >= 15 is 0 Å². The second-order valence-corrected chi connectivity index (χ2v) is 3.74. The van der Waals surface area contributed by atoms with Crippen LogP contribution in [0.3, 0.4) is 0 Å². The lowest BCUT2D eigenvalue weighted by atomic mass is 10.2. The maximum Gasteiger partial charge on any atom is 0.356 e. The van der Waals surface area contributed by atoms with E-state index in [2.05, 4.69) is 15.2 Å². The Morgan fingerprint density at radius 2 is 2.35 bits per heavy atom. The molecule has 0 unspecified atom stereocenters. The number of nitrogens with one attached hydrogen (secondary N) is 2. The van der Waals surface area contributed by atoms with Gasteiger partial charge in [-0.3, -0.25) is 0 Å². The van der Waals surface area contributed by atoms with Crippen LogP contribution in [0.2, 0.25) is 0 Å². The molecule has 0 aliphatic rings. The molecule has 3 aromatic rings. The molecular weight excluding hydrogens is 218 g/mol. The minimum atomic E-state index is -0.382. The highest BCUT2D eigenvalue weighted by molar-refractivity contribution is 6.07. The average molecular weight is 229 g/mol. The second kappa shape index (κ2) is 3.62. The lowest BCUT2D eigenvalue weighted by Gasteiger charge is -1.95. The van der Waals surface area contributed by atoms with Crippen molar-refractivity contribution in [1.29, 1.82) is 0 Å². The zero-order valence-corrected chi connectivity index (χ0v) is 9.28. The first-order valence-electron chi connectivity index (χ1n) is 5.42. The van der Waals surface area contributed by atoms with E-state index in [0.29, 0.717) is 12.3 Å². The van der Waals surface area contributed by atoms with Crippen molar-refractivity contribution < 1.29 is 9.53 Å². The van der Waals surface area contributed by atoms with Gasteiger partial charge in [-0.25, -0.2) is 9.78 Å². The first kappa shape index (κ1) is 9.89. The lowest BCUT2D eigenvalue weighted by molar-refractivity contribution is 0.0520. The fourth-order valence-electron chi connectivity index (χ4n) is 1.92. The molecule has 5 heteroatoms. The summed E-state index contributed by atoms with van der Waals surface area (Å²) in [7, 11) is 0. The minimum Gasteiger partial charge on any atom is -0.461 e. The molecule has 0 radical (unpaired) electrons. The Kier molecular flexibility index (Phi) is 2.11. The van der Waals surface area contributed by atoms with Crippen LogP contribution in [0.4, 0.5) is 0 Å². The maximum atomic E-state index is 11.6. The number of aromatic nitrogens is 3. The fraction of sp³-hybridized carbons (Fsp3) is 0.167. The molecule has 1 aromatic carbocycles. The van der Waals surface area contributed by atoms with E-state index in [0.717, 1.165) is 21.8 Å². The van der Waals surface area contributed by atoms with Gasteiger partial charge >= 0.3 is 5.97 Å². The smallest absolute Gasteiger partial charge is 0.356 e. The van der Waals surface area contributed by atoms with Crippen molar-refractivity contribution in [3.8, 4) is 0 Å².